The van der Waals surface area contributed by atoms with E-state index < -0.39 is 5.97 Å². The molecule has 2 aromatic carbocycles. The molecule has 1 saturated carbocycles. The maximum atomic E-state index is 11.5. The standard InChI is InChI=1S/C29H28Cl2N4O3S/c1-14-9-16(28(36)37)10-23-25(14)33-29(39-23)35-18-7-8-19(35)12-17(11-18)32-13-20-26(34-38-27(20)15-5-6-15)24-21(30)3-2-4-22(24)31/h2-4,9-10,15,17-19,32H,5-8,11-13H2,1H3,(H,36,37). The number of aryl methyl sites for hydroxylation is 1. The predicted octanol–water partition coefficient (Wildman–Crippen LogP) is 7.43. The van der Waals surface area contributed by atoms with Crippen LogP contribution in [0.3, 0.4) is 0 Å². The van der Waals surface area contributed by atoms with E-state index in [0.29, 0.717) is 46.2 Å². The van der Waals surface area contributed by atoms with Gasteiger partial charge in [-0.05, 0) is 75.3 Å². The van der Waals surface area contributed by atoms with Crippen molar-refractivity contribution >= 4 is 55.9 Å². The van der Waals surface area contributed by atoms with Crippen molar-refractivity contribution in [2.45, 2.75) is 76.0 Å². The third kappa shape index (κ3) is 4.51. The van der Waals surface area contributed by atoms with E-state index in [1.807, 2.05) is 25.1 Å². The van der Waals surface area contributed by atoms with Gasteiger partial charge in [-0.15, -0.1) is 0 Å². The van der Waals surface area contributed by atoms with E-state index in [9.17, 15) is 9.90 Å². The lowest BCUT2D eigenvalue weighted by atomic mass is 9.97. The summed E-state index contributed by atoms with van der Waals surface area (Å²) in [4.78, 5) is 19.0. The minimum Gasteiger partial charge on any atom is -0.478 e. The van der Waals surface area contributed by atoms with Gasteiger partial charge in [-0.25, -0.2) is 9.78 Å². The molecule has 39 heavy (non-hydrogen) atoms. The van der Waals surface area contributed by atoms with Gasteiger partial charge in [0.2, 0.25) is 0 Å². The Labute approximate surface area is 240 Å². The van der Waals surface area contributed by atoms with Crippen molar-refractivity contribution in [1.82, 2.24) is 15.5 Å². The minimum absolute atomic E-state index is 0.317. The fourth-order valence-corrected chi connectivity index (χ4v) is 8.20. The molecule has 7 rings (SSSR count). The molecule has 7 nitrogen and oxygen atoms in total. The normalized spacial score (nSPS) is 22.6. The van der Waals surface area contributed by atoms with Crippen LogP contribution in [0, 0.1) is 6.92 Å². The number of benzene rings is 2. The molecule has 1 aliphatic carbocycles. The van der Waals surface area contributed by atoms with Crippen molar-refractivity contribution in [3.05, 3.63) is 62.8 Å². The number of halogens is 2. The first-order chi connectivity index (χ1) is 18.9. The van der Waals surface area contributed by atoms with Gasteiger partial charge in [0.05, 0.1) is 25.8 Å². The van der Waals surface area contributed by atoms with Crippen LogP contribution in [0.2, 0.25) is 10.0 Å². The van der Waals surface area contributed by atoms with E-state index in [1.165, 1.54) is 0 Å². The SMILES string of the molecule is Cc1cc(C(=O)O)cc2sc(N3C4CCC3CC(NCc3c(-c5c(Cl)cccc5Cl)noc3C3CC3)C4)nc12. The molecule has 0 amide bonds. The second-order valence-electron chi connectivity index (χ2n) is 11.0. The van der Waals surface area contributed by atoms with Crippen molar-refractivity contribution < 1.29 is 14.4 Å². The zero-order chi connectivity index (χ0) is 26.8. The lowest BCUT2D eigenvalue weighted by Crippen LogP contribution is -2.49. The number of aromatic carboxylic acids is 1. The monoisotopic (exact) mass is 582 g/mol. The van der Waals surface area contributed by atoms with Crippen LogP contribution in [0.1, 0.15) is 71.7 Å². The summed E-state index contributed by atoms with van der Waals surface area (Å²) in [5.41, 5.74) is 4.68. The summed E-state index contributed by atoms with van der Waals surface area (Å²) in [5, 5.41) is 19.9. The van der Waals surface area contributed by atoms with E-state index in [4.69, 9.17) is 32.7 Å². The van der Waals surface area contributed by atoms with Gasteiger partial charge >= 0.3 is 5.97 Å². The summed E-state index contributed by atoms with van der Waals surface area (Å²) >= 11 is 14.7. The summed E-state index contributed by atoms with van der Waals surface area (Å²) < 4.78 is 6.79. The molecule has 2 N–H and O–H groups in total. The Hall–Kier alpha value is -2.65. The van der Waals surface area contributed by atoms with Crippen LogP contribution >= 0.6 is 34.5 Å². The molecule has 3 aliphatic rings. The van der Waals surface area contributed by atoms with E-state index in [2.05, 4.69) is 15.4 Å². The molecule has 4 heterocycles. The van der Waals surface area contributed by atoms with Gasteiger partial charge in [0.1, 0.15) is 11.5 Å². The lowest BCUT2D eigenvalue weighted by Gasteiger charge is -2.39. The topological polar surface area (TPSA) is 91.5 Å². The largest absolute Gasteiger partial charge is 0.478 e. The van der Waals surface area contributed by atoms with Crippen molar-refractivity contribution in [1.29, 1.82) is 0 Å². The molecule has 202 valence electrons. The van der Waals surface area contributed by atoms with E-state index >= 15 is 0 Å². The minimum atomic E-state index is -0.903. The molecule has 0 radical (unpaired) electrons. The van der Waals surface area contributed by atoms with Crippen LogP contribution in [-0.4, -0.2) is 39.3 Å². The molecule has 0 spiro atoms. The van der Waals surface area contributed by atoms with Crippen LogP contribution in [-0.2, 0) is 6.54 Å². The second kappa shape index (κ2) is 9.77. The fraction of sp³-hybridized carbons (Fsp3) is 0.414. The Morgan fingerprint density at radius 3 is 2.54 bits per heavy atom. The first kappa shape index (κ1) is 25.3. The summed E-state index contributed by atoms with van der Waals surface area (Å²) in [6, 6.07) is 10.2. The first-order valence-electron chi connectivity index (χ1n) is 13.5. The highest BCUT2D eigenvalue weighted by atomic mass is 35.5. The number of aromatic nitrogens is 2. The number of hydrogen-bond donors (Lipinski definition) is 2. The molecule has 2 bridgehead atoms. The molecular formula is C29H28Cl2N4O3S. The number of anilines is 1. The van der Waals surface area contributed by atoms with E-state index in [0.717, 1.165) is 82.0 Å². The third-order valence-corrected chi connectivity index (χ3v) is 10.1. The molecule has 4 aromatic rings. The van der Waals surface area contributed by atoms with Gasteiger partial charge in [-0.2, -0.15) is 0 Å². The molecule has 2 aliphatic heterocycles. The summed E-state index contributed by atoms with van der Waals surface area (Å²) in [5.74, 6) is 0.477. The highest BCUT2D eigenvalue weighted by Gasteiger charge is 2.42. The average Bonchev–Trinajstić information content (AvgIpc) is 3.42. The van der Waals surface area contributed by atoms with Gasteiger partial charge < -0.3 is 19.8 Å². The van der Waals surface area contributed by atoms with Crippen LogP contribution in [0.25, 0.3) is 21.5 Å². The second-order valence-corrected chi connectivity index (χ2v) is 12.9. The average molecular weight is 584 g/mol. The molecule has 2 atom stereocenters. The fourth-order valence-electron chi connectivity index (χ4n) is 6.40. The maximum Gasteiger partial charge on any atom is 0.335 e. The smallest absolute Gasteiger partial charge is 0.335 e. The number of hydrogen-bond acceptors (Lipinski definition) is 7. The molecule has 2 aromatic heterocycles. The van der Waals surface area contributed by atoms with Gasteiger partial charge in [-0.1, -0.05) is 45.8 Å². The summed E-state index contributed by atoms with van der Waals surface area (Å²) in [6.45, 7) is 2.60. The van der Waals surface area contributed by atoms with Crippen LogP contribution in [0.4, 0.5) is 5.13 Å². The third-order valence-electron chi connectivity index (χ3n) is 8.41. The summed E-state index contributed by atoms with van der Waals surface area (Å²) in [6.07, 6.45) is 6.57. The van der Waals surface area contributed by atoms with Gasteiger partial charge in [-0.3, -0.25) is 0 Å². The zero-order valence-corrected chi connectivity index (χ0v) is 23.7. The number of carboxylic acids is 1. The predicted molar refractivity (Wildman–Crippen MR) is 154 cm³/mol. The quantitative estimate of drug-likeness (QED) is 0.234. The van der Waals surface area contributed by atoms with Crippen LogP contribution in [0.15, 0.2) is 34.9 Å². The Morgan fingerprint density at radius 2 is 1.87 bits per heavy atom. The number of fused-ring (bicyclic) bond motifs is 3. The summed E-state index contributed by atoms with van der Waals surface area (Å²) in [7, 11) is 0. The molecule has 3 fully saturated rings. The maximum absolute atomic E-state index is 11.5. The molecular weight excluding hydrogens is 555 g/mol. The Kier molecular flexibility index (Phi) is 6.34. The van der Waals surface area contributed by atoms with E-state index in [-0.39, 0.29) is 0 Å². The zero-order valence-electron chi connectivity index (χ0n) is 21.4. The Morgan fingerprint density at radius 1 is 1.15 bits per heavy atom. The number of nitrogens with one attached hydrogen (secondary N) is 1. The number of rotatable bonds is 7. The van der Waals surface area contributed by atoms with E-state index in [1.54, 1.807) is 23.5 Å². The van der Waals surface area contributed by atoms with Crippen molar-refractivity contribution in [2.24, 2.45) is 0 Å². The van der Waals surface area contributed by atoms with Crippen molar-refractivity contribution in [3.8, 4) is 11.3 Å². The van der Waals surface area contributed by atoms with Crippen molar-refractivity contribution in [3.63, 3.8) is 0 Å². The number of thiazole rings is 1. The van der Waals surface area contributed by atoms with Crippen LogP contribution < -0.4 is 10.2 Å². The Balaban J connectivity index is 1.11. The van der Waals surface area contributed by atoms with Gasteiger partial charge in [0, 0.05) is 41.7 Å². The number of carboxylic acid groups (broad SMARTS) is 1. The highest BCUT2D eigenvalue weighted by molar-refractivity contribution is 7.22. The van der Waals surface area contributed by atoms with Gasteiger partial charge in [0.15, 0.2) is 5.13 Å². The molecule has 10 heteroatoms. The molecule has 2 unspecified atom stereocenters. The number of nitrogens with zero attached hydrogens (tertiary/aromatic N) is 3. The van der Waals surface area contributed by atoms with Crippen molar-refractivity contribution in [2.75, 3.05) is 4.90 Å². The molecule has 2 saturated heterocycles. The lowest BCUT2D eigenvalue weighted by molar-refractivity contribution is 0.0697. The first-order valence-corrected chi connectivity index (χ1v) is 15.0. The van der Waals surface area contributed by atoms with Gasteiger partial charge in [0.25, 0.3) is 0 Å². The Bertz CT molecular complexity index is 1560. The highest BCUT2D eigenvalue weighted by Crippen LogP contribution is 2.47. The van der Waals surface area contributed by atoms with Crippen LogP contribution in [0.5, 0.6) is 0 Å². The number of carbonyl (C=O) groups is 1. The number of piperidine rings is 1.